The molecule has 0 spiro atoms. The monoisotopic (exact) mass is 366 g/mol. The number of likely N-dealkylation sites (N-methyl/N-ethyl adjacent to an activating group) is 1. The van der Waals surface area contributed by atoms with Gasteiger partial charge >= 0.3 is 6.03 Å². The molecule has 2 rings (SSSR count). The van der Waals surface area contributed by atoms with Crippen molar-refractivity contribution in [2.75, 3.05) is 46.3 Å². The van der Waals surface area contributed by atoms with Gasteiger partial charge in [0, 0.05) is 44.3 Å². The summed E-state index contributed by atoms with van der Waals surface area (Å²) >= 11 is 6.44. The summed E-state index contributed by atoms with van der Waals surface area (Å²) in [5, 5.41) is 6.72. The van der Waals surface area contributed by atoms with E-state index >= 15 is 0 Å². The zero-order chi connectivity index (χ0) is 18.2. The Kier molecular flexibility index (Phi) is 8.00. The first-order chi connectivity index (χ1) is 12.0. The first kappa shape index (κ1) is 20.0. The minimum atomic E-state index is -0.105. The number of rotatable bonds is 7. The van der Waals surface area contributed by atoms with E-state index in [1.54, 1.807) is 0 Å². The summed E-state index contributed by atoms with van der Waals surface area (Å²) in [6, 6.07) is 7.92. The Morgan fingerprint density at radius 3 is 2.48 bits per heavy atom. The maximum absolute atomic E-state index is 12.1. The number of hydrogen-bond acceptors (Lipinski definition) is 3. The van der Waals surface area contributed by atoms with Crippen LogP contribution in [0.4, 0.5) is 4.79 Å². The summed E-state index contributed by atoms with van der Waals surface area (Å²) in [5.41, 5.74) is 1.08. The molecule has 1 aromatic rings. The van der Waals surface area contributed by atoms with Gasteiger partial charge < -0.3 is 15.5 Å². The highest BCUT2D eigenvalue weighted by Crippen LogP contribution is 2.27. The van der Waals surface area contributed by atoms with E-state index in [9.17, 15) is 4.79 Å². The molecule has 0 bridgehead atoms. The number of nitrogens with one attached hydrogen (secondary N) is 2. The predicted octanol–water partition coefficient (Wildman–Crippen LogP) is 2.97. The first-order valence-corrected chi connectivity index (χ1v) is 9.54. The largest absolute Gasteiger partial charge is 0.338 e. The van der Waals surface area contributed by atoms with Crippen molar-refractivity contribution in [2.45, 2.75) is 26.3 Å². The molecule has 2 N–H and O–H groups in total. The quantitative estimate of drug-likeness (QED) is 0.779. The number of hydrogen-bond donors (Lipinski definition) is 2. The molecule has 1 fully saturated rings. The third-order valence-corrected chi connectivity index (χ3v) is 5.05. The second kappa shape index (κ2) is 10.00. The topological polar surface area (TPSA) is 47.6 Å². The summed E-state index contributed by atoms with van der Waals surface area (Å²) in [4.78, 5) is 16.8. The van der Waals surface area contributed by atoms with Gasteiger partial charge in [0.2, 0.25) is 0 Å². The molecule has 0 radical (unpaired) electrons. The summed E-state index contributed by atoms with van der Waals surface area (Å²) in [7, 11) is 2.14. The van der Waals surface area contributed by atoms with E-state index in [1.165, 1.54) is 0 Å². The molecule has 1 heterocycles. The van der Waals surface area contributed by atoms with Gasteiger partial charge in [-0.2, -0.15) is 0 Å². The van der Waals surface area contributed by atoms with Crippen LogP contribution >= 0.6 is 11.6 Å². The number of nitrogens with zero attached hydrogens (tertiary/aromatic N) is 2. The lowest BCUT2D eigenvalue weighted by Crippen LogP contribution is -2.49. The highest BCUT2D eigenvalue weighted by Gasteiger charge is 2.25. The molecule has 0 aromatic heterocycles. The number of benzene rings is 1. The number of carbonyl (C=O) groups excluding carboxylic acids is 1. The average molecular weight is 367 g/mol. The Morgan fingerprint density at radius 2 is 1.84 bits per heavy atom. The fraction of sp³-hybridized carbons (Fsp3) is 0.632. The molecule has 140 valence electrons. The van der Waals surface area contributed by atoms with Crippen molar-refractivity contribution in [3.63, 3.8) is 0 Å². The van der Waals surface area contributed by atoms with Gasteiger partial charge in [-0.3, -0.25) is 4.90 Å². The van der Waals surface area contributed by atoms with Crippen molar-refractivity contribution in [3.05, 3.63) is 34.9 Å². The second-order valence-corrected chi connectivity index (χ2v) is 7.60. The average Bonchev–Trinajstić information content (AvgIpc) is 2.57. The van der Waals surface area contributed by atoms with Gasteiger partial charge in [0.15, 0.2) is 0 Å². The Bertz CT molecular complexity index is 544. The van der Waals surface area contributed by atoms with Crippen LogP contribution in [0.5, 0.6) is 0 Å². The smallest absolute Gasteiger partial charge is 0.314 e. The molecular formula is C19H31ClN4O. The van der Waals surface area contributed by atoms with E-state index in [1.807, 2.05) is 18.2 Å². The van der Waals surface area contributed by atoms with E-state index in [2.05, 4.69) is 47.4 Å². The van der Waals surface area contributed by atoms with E-state index in [-0.39, 0.29) is 12.1 Å². The standard InChI is InChI=1S/C19H31ClN4O/c1-15(2)8-9-21-19(25)22-14-18(16-6-4-5-7-17(16)20)24-12-10-23(3)11-13-24/h4-7,15,18H,8-14H2,1-3H3,(H2,21,22,25). The lowest BCUT2D eigenvalue weighted by molar-refractivity contribution is 0.111. The molecule has 6 heteroatoms. The summed E-state index contributed by atoms with van der Waals surface area (Å²) in [5.74, 6) is 0.585. The van der Waals surface area contributed by atoms with Crippen LogP contribution in [-0.4, -0.2) is 62.1 Å². The van der Waals surface area contributed by atoms with E-state index in [0.717, 1.165) is 43.2 Å². The Balaban J connectivity index is 1.98. The Hall–Kier alpha value is -1.30. The van der Waals surface area contributed by atoms with Gasteiger partial charge in [-0.15, -0.1) is 0 Å². The minimum Gasteiger partial charge on any atom is -0.338 e. The molecule has 1 saturated heterocycles. The van der Waals surface area contributed by atoms with E-state index < -0.39 is 0 Å². The third-order valence-electron chi connectivity index (χ3n) is 4.71. The summed E-state index contributed by atoms with van der Waals surface area (Å²) in [6.45, 7) is 9.58. The molecule has 1 unspecified atom stereocenters. The van der Waals surface area contributed by atoms with Crippen LogP contribution in [0.3, 0.4) is 0 Å². The van der Waals surface area contributed by atoms with Crippen molar-refractivity contribution in [2.24, 2.45) is 5.92 Å². The first-order valence-electron chi connectivity index (χ1n) is 9.16. The molecule has 1 atom stereocenters. The third kappa shape index (κ3) is 6.49. The maximum Gasteiger partial charge on any atom is 0.314 e. The number of carbonyl (C=O) groups is 1. The van der Waals surface area contributed by atoms with Gasteiger partial charge in [0.25, 0.3) is 0 Å². The minimum absolute atomic E-state index is 0.0956. The number of amides is 2. The van der Waals surface area contributed by atoms with Crippen LogP contribution in [0.1, 0.15) is 31.9 Å². The van der Waals surface area contributed by atoms with Crippen molar-refractivity contribution >= 4 is 17.6 Å². The molecule has 1 aliphatic rings. The van der Waals surface area contributed by atoms with Crippen molar-refractivity contribution in [3.8, 4) is 0 Å². The number of piperazine rings is 1. The molecule has 1 aromatic carbocycles. The molecule has 5 nitrogen and oxygen atoms in total. The highest BCUT2D eigenvalue weighted by atomic mass is 35.5. The van der Waals surface area contributed by atoms with Crippen molar-refractivity contribution < 1.29 is 4.79 Å². The fourth-order valence-corrected chi connectivity index (χ4v) is 3.30. The van der Waals surface area contributed by atoms with Gasteiger partial charge in [-0.25, -0.2) is 4.79 Å². The SMILES string of the molecule is CC(C)CCNC(=O)NCC(c1ccccc1Cl)N1CCN(C)CC1. The normalized spacial score (nSPS) is 17.5. The maximum atomic E-state index is 12.1. The molecule has 0 saturated carbocycles. The van der Waals surface area contributed by atoms with Gasteiger partial charge in [0.1, 0.15) is 0 Å². The molecule has 0 aliphatic carbocycles. The van der Waals surface area contributed by atoms with Gasteiger partial charge in [-0.1, -0.05) is 43.6 Å². The highest BCUT2D eigenvalue weighted by molar-refractivity contribution is 6.31. The molecule has 1 aliphatic heterocycles. The number of halogens is 1. The molecular weight excluding hydrogens is 336 g/mol. The zero-order valence-corrected chi connectivity index (χ0v) is 16.4. The predicted molar refractivity (Wildman–Crippen MR) is 104 cm³/mol. The van der Waals surface area contributed by atoms with Crippen LogP contribution in [-0.2, 0) is 0 Å². The summed E-state index contributed by atoms with van der Waals surface area (Å²) < 4.78 is 0. The summed E-state index contributed by atoms with van der Waals surface area (Å²) in [6.07, 6.45) is 0.986. The molecule has 2 amide bonds. The van der Waals surface area contributed by atoms with Crippen LogP contribution in [0.15, 0.2) is 24.3 Å². The van der Waals surface area contributed by atoms with Gasteiger partial charge in [0.05, 0.1) is 6.04 Å². The van der Waals surface area contributed by atoms with Crippen LogP contribution in [0, 0.1) is 5.92 Å². The van der Waals surface area contributed by atoms with Crippen LogP contribution in [0.25, 0.3) is 0 Å². The van der Waals surface area contributed by atoms with Gasteiger partial charge in [-0.05, 0) is 31.0 Å². The van der Waals surface area contributed by atoms with E-state index in [0.29, 0.717) is 19.0 Å². The fourth-order valence-electron chi connectivity index (χ4n) is 3.04. The van der Waals surface area contributed by atoms with Crippen molar-refractivity contribution in [1.29, 1.82) is 0 Å². The Labute approximate surface area is 156 Å². The molecule has 25 heavy (non-hydrogen) atoms. The van der Waals surface area contributed by atoms with Crippen molar-refractivity contribution in [1.82, 2.24) is 20.4 Å². The van der Waals surface area contributed by atoms with E-state index in [4.69, 9.17) is 11.6 Å². The number of urea groups is 1. The zero-order valence-electron chi connectivity index (χ0n) is 15.6. The lowest BCUT2D eigenvalue weighted by Gasteiger charge is -2.38. The van der Waals surface area contributed by atoms with Crippen LogP contribution < -0.4 is 10.6 Å². The lowest BCUT2D eigenvalue weighted by atomic mass is 10.0. The Morgan fingerprint density at radius 1 is 1.16 bits per heavy atom. The second-order valence-electron chi connectivity index (χ2n) is 7.20. The van der Waals surface area contributed by atoms with Crippen LogP contribution in [0.2, 0.25) is 5.02 Å².